The van der Waals surface area contributed by atoms with Gasteiger partial charge in [0.1, 0.15) is 0 Å². The zero-order valence-corrected chi connectivity index (χ0v) is 27.7. The van der Waals surface area contributed by atoms with E-state index in [2.05, 4.69) is 15.6 Å². The Bertz CT molecular complexity index is 1670. The number of ether oxygens (including phenoxy) is 1. The van der Waals surface area contributed by atoms with Gasteiger partial charge in [0.15, 0.2) is 0 Å². The van der Waals surface area contributed by atoms with Gasteiger partial charge in [0.05, 0.1) is 57.1 Å². The topological polar surface area (TPSA) is 101 Å². The van der Waals surface area contributed by atoms with Gasteiger partial charge in [-0.25, -0.2) is 9.98 Å². The molecule has 1 saturated carbocycles. The van der Waals surface area contributed by atoms with Crippen molar-refractivity contribution in [1.29, 1.82) is 0 Å². The highest BCUT2D eigenvalue weighted by atomic mass is 35.5. The predicted octanol–water partition coefficient (Wildman–Crippen LogP) is 7.46. The number of halogens is 5. The van der Waals surface area contributed by atoms with Gasteiger partial charge in [0.25, 0.3) is 5.91 Å². The van der Waals surface area contributed by atoms with Crippen molar-refractivity contribution >= 4 is 69.1 Å². The standard InChI is InChI=1S/C32H37Cl2F3N6O3/c1-31(2,3)29(45)38-17-18-5-10-22(33)27(26(18)34)41-30-40-23-15-21(24(16-25(23)42(30)4)43-11-13-46-14-12-43)28(44)39-20-8-6-19(7-9-20)32(35,36)37/h5,10,15-16,19H,6-9,11-14,17H2,1-4H3,(H,38,45)(H,40,41). The van der Waals surface area contributed by atoms with Gasteiger partial charge in [-0.05, 0) is 49.4 Å². The lowest BCUT2D eigenvalue weighted by Crippen LogP contribution is -2.37. The van der Waals surface area contributed by atoms with Crippen molar-refractivity contribution < 1.29 is 27.5 Å². The highest BCUT2D eigenvalue weighted by molar-refractivity contribution is 6.39. The summed E-state index contributed by atoms with van der Waals surface area (Å²) in [6, 6.07) is 6.97. The highest BCUT2D eigenvalue weighted by Crippen LogP contribution is 2.39. The second-order valence-electron chi connectivity index (χ2n) is 12.7. The van der Waals surface area contributed by atoms with E-state index in [0.717, 1.165) is 5.52 Å². The molecule has 9 nitrogen and oxygen atoms in total. The van der Waals surface area contributed by atoms with Crippen molar-refractivity contribution in [2.24, 2.45) is 23.4 Å². The second-order valence-corrected chi connectivity index (χ2v) is 13.5. The number of benzene rings is 2. The Morgan fingerprint density at radius 1 is 1.09 bits per heavy atom. The van der Waals surface area contributed by atoms with E-state index in [4.69, 9.17) is 32.9 Å². The minimum atomic E-state index is -4.24. The molecular formula is C32H37Cl2F3N6O3. The molecule has 2 N–H and O–H groups in total. The molecule has 14 heteroatoms. The first-order valence-corrected chi connectivity index (χ1v) is 15.9. The lowest BCUT2D eigenvalue weighted by Gasteiger charge is -2.30. The second kappa shape index (κ2) is 13.4. The molecule has 0 radical (unpaired) electrons. The molecule has 2 amide bonds. The molecule has 248 valence electrons. The number of aromatic nitrogens is 2. The fourth-order valence-electron chi connectivity index (χ4n) is 5.57. The molecule has 1 aliphatic heterocycles. The van der Waals surface area contributed by atoms with Gasteiger partial charge in [0.2, 0.25) is 11.9 Å². The SMILES string of the molecule is Cn1c(Nc2c(Cl)ccc(CNC(=O)C(C)(C)C)c2Cl)nc2cc(C(=O)N=C3CCC(C(F)(F)F)CC3)c(N3CCOCC3)cc21. The van der Waals surface area contributed by atoms with Crippen LogP contribution >= 0.6 is 23.2 Å². The quantitative estimate of drug-likeness (QED) is 0.280. The van der Waals surface area contributed by atoms with Crippen molar-refractivity contribution in [2.75, 3.05) is 36.5 Å². The van der Waals surface area contributed by atoms with Crippen LogP contribution in [0.2, 0.25) is 10.0 Å². The summed E-state index contributed by atoms with van der Waals surface area (Å²) in [7, 11) is 1.82. The van der Waals surface area contributed by atoms with E-state index in [9.17, 15) is 22.8 Å². The first kappa shape index (κ1) is 34.0. The van der Waals surface area contributed by atoms with Gasteiger partial charge in [-0.1, -0.05) is 50.0 Å². The van der Waals surface area contributed by atoms with E-state index in [1.165, 1.54) is 0 Å². The Morgan fingerprint density at radius 2 is 1.76 bits per heavy atom. The summed E-state index contributed by atoms with van der Waals surface area (Å²) in [4.78, 5) is 37.1. The minimum absolute atomic E-state index is 0.0739. The maximum Gasteiger partial charge on any atom is 0.391 e. The molecule has 2 aromatic carbocycles. The highest BCUT2D eigenvalue weighted by Gasteiger charge is 2.41. The number of fused-ring (bicyclic) bond motifs is 1. The summed E-state index contributed by atoms with van der Waals surface area (Å²) < 4.78 is 46.9. The average Bonchev–Trinajstić information content (AvgIpc) is 3.31. The first-order chi connectivity index (χ1) is 21.6. The van der Waals surface area contributed by atoms with Gasteiger partial charge < -0.3 is 24.8 Å². The number of carbonyl (C=O) groups excluding carboxylic acids is 2. The molecule has 5 rings (SSSR count). The number of aryl methyl sites for hydroxylation is 1. The van der Waals surface area contributed by atoms with E-state index in [1.54, 1.807) is 18.2 Å². The number of hydrogen-bond donors (Lipinski definition) is 2. The molecule has 2 heterocycles. The van der Waals surface area contributed by atoms with Crippen LogP contribution in [-0.4, -0.2) is 59.6 Å². The molecular weight excluding hydrogens is 644 g/mol. The summed E-state index contributed by atoms with van der Waals surface area (Å²) in [5, 5.41) is 6.80. The number of alkyl halides is 3. The number of imidazole rings is 1. The third kappa shape index (κ3) is 7.44. The van der Waals surface area contributed by atoms with Crippen LogP contribution in [-0.2, 0) is 23.1 Å². The number of amides is 2. The van der Waals surface area contributed by atoms with Crippen LogP contribution in [0.25, 0.3) is 11.0 Å². The van der Waals surface area contributed by atoms with Gasteiger partial charge in [-0.2, -0.15) is 13.2 Å². The van der Waals surface area contributed by atoms with Crippen molar-refractivity contribution in [3.05, 3.63) is 45.4 Å². The van der Waals surface area contributed by atoms with E-state index in [0.29, 0.717) is 76.0 Å². The monoisotopic (exact) mass is 680 g/mol. The van der Waals surface area contributed by atoms with E-state index in [-0.39, 0.29) is 38.1 Å². The normalized spacial score (nSPS) is 17.7. The van der Waals surface area contributed by atoms with Crippen molar-refractivity contribution in [3.8, 4) is 0 Å². The Hall–Kier alpha value is -3.35. The number of morpholine rings is 1. The smallest absolute Gasteiger partial charge is 0.378 e. The number of carbonyl (C=O) groups is 2. The summed E-state index contributed by atoms with van der Waals surface area (Å²) in [5.41, 5.74) is 3.18. The molecule has 0 unspecified atom stereocenters. The molecule has 1 aliphatic carbocycles. The van der Waals surface area contributed by atoms with Crippen molar-refractivity contribution in [1.82, 2.24) is 14.9 Å². The molecule has 1 saturated heterocycles. The van der Waals surface area contributed by atoms with Crippen LogP contribution in [0.5, 0.6) is 0 Å². The maximum absolute atomic E-state index is 13.6. The van der Waals surface area contributed by atoms with Crippen LogP contribution in [0.3, 0.4) is 0 Å². The molecule has 1 aromatic heterocycles. The molecule has 0 atom stereocenters. The largest absolute Gasteiger partial charge is 0.391 e. The van der Waals surface area contributed by atoms with Gasteiger partial charge in [-0.3, -0.25) is 9.59 Å². The lowest BCUT2D eigenvalue weighted by molar-refractivity contribution is -0.178. The van der Waals surface area contributed by atoms with Crippen LogP contribution in [0, 0.1) is 11.3 Å². The Balaban J connectivity index is 1.46. The Morgan fingerprint density at radius 3 is 2.39 bits per heavy atom. The van der Waals surface area contributed by atoms with E-state index >= 15 is 0 Å². The van der Waals surface area contributed by atoms with Gasteiger partial charge >= 0.3 is 6.18 Å². The first-order valence-electron chi connectivity index (χ1n) is 15.2. The Labute approximate surface area is 275 Å². The number of nitrogens with zero attached hydrogens (tertiary/aromatic N) is 4. The van der Waals surface area contributed by atoms with Gasteiger partial charge in [-0.15, -0.1) is 0 Å². The maximum atomic E-state index is 13.6. The zero-order valence-electron chi connectivity index (χ0n) is 26.2. The molecule has 2 aliphatic rings. The van der Waals surface area contributed by atoms with Crippen LogP contribution in [0.1, 0.15) is 62.4 Å². The fraction of sp³-hybridized carbons (Fsp3) is 0.500. The van der Waals surface area contributed by atoms with Crippen molar-refractivity contribution in [3.63, 3.8) is 0 Å². The minimum Gasteiger partial charge on any atom is -0.378 e. The zero-order chi connectivity index (χ0) is 33.4. The van der Waals surface area contributed by atoms with Crippen LogP contribution < -0.4 is 15.5 Å². The summed E-state index contributed by atoms with van der Waals surface area (Å²) in [6.07, 6.45) is -4.13. The number of nitrogens with one attached hydrogen (secondary N) is 2. The summed E-state index contributed by atoms with van der Waals surface area (Å²) in [6.45, 7) is 7.76. The molecule has 46 heavy (non-hydrogen) atoms. The number of rotatable bonds is 6. The van der Waals surface area contributed by atoms with E-state index in [1.807, 2.05) is 43.4 Å². The molecule has 0 bridgehead atoms. The molecule has 2 fully saturated rings. The van der Waals surface area contributed by atoms with Crippen LogP contribution in [0.4, 0.5) is 30.5 Å². The third-order valence-electron chi connectivity index (χ3n) is 8.39. The Kier molecular flexibility index (Phi) is 9.91. The number of aliphatic imine (C=N–C) groups is 1. The average molecular weight is 682 g/mol. The third-order valence-corrected chi connectivity index (χ3v) is 9.14. The summed E-state index contributed by atoms with van der Waals surface area (Å²) in [5.74, 6) is -1.60. The predicted molar refractivity (Wildman–Crippen MR) is 175 cm³/mol. The van der Waals surface area contributed by atoms with Crippen molar-refractivity contribution in [2.45, 2.75) is 59.2 Å². The lowest BCUT2D eigenvalue weighted by atomic mass is 9.87. The van der Waals surface area contributed by atoms with Crippen LogP contribution in [0.15, 0.2) is 29.3 Å². The number of hydrogen-bond acceptors (Lipinski definition) is 6. The van der Waals surface area contributed by atoms with E-state index < -0.39 is 23.4 Å². The fourth-order valence-corrected chi connectivity index (χ4v) is 6.10. The molecule has 3 aromatic rings. The number of anilines is 3. The molecule has 0 spiro atoms. The van der Waals surface area contributed by atoms with Gasteiger partial charge in [0, 0.05) is 37.8 Å². The summed E-state index contributed by atoms with van der Waals surface area (Å²) >= 11 is 13.3.